The lowest BCUT2D eigenvalue weighted by Gasteiger charge is -2.18. The third kappa shape index (κ3) is 3.26. The summed E-state index contributed by atoms with van der Waals surface area (Å²) in [5, 5.41) is 3.29. The van der Waals surface area contributed by atoms with Crippen molar-refractivity contribution in [3.05, 3.63) is 71.5 Å². The van der Waals surface area contributed by atoms with Crippen molar-refractivity contribution >= 4 is 38.9 Å². The molecule has 0 amide bonds. The third-order valence-corrected chi connectivity index (χ3v) is 3.97. The molecular formula is C17H15BrN4. The molecule has 0 aliphatic rings. The number of rotatable bonds is 4. The lowest BCUT2D eigenvalue weighted by Crippen LogP contribution is -2.11. The maximum atomic E-state index is 4.34. The molecular weight excluding hydrogens is 340 g/mol. The van der Waals surface area contributed by atoms with Crippen LogP contribution in [0.25, 0.3) is 0 Å². The van der Waals surface area contributed by atoms with E-state index in [1.54, 1.807) is 6.33 Å². The largest absolute Gasteiger partial charge is 0.339 e. The Bertz CT molecular complexity index is 761. The van der Waals surface area contributed by atoms with E-state index in [2.05, 4.69) is 31.2 Å². The molecule has 0 aliphatic carbocycles. The summed E-state index contributed by atoms with van der Waals surface area (Å²) in [5.41, 5.74) is 2.04. The van der Waals surface area contributed by atoms with Gasteiger partial charge in [-0.3, -0.25) is 0 Å². The zero-order valence-corrected chi connectivity index (χ0v) is 13.7. The van der Waals surface area contributed by atoms with Gasteiger partial charge in [0.05, 0.1) is 5.69 Å². The minimum absolute atomic E-state index is 0.750. The minimum Gasteiger partial charge on any atom is -0.339 e. The van der Waals surface area contributed by atoms with Gasteiger partial charge in [0.2, 0.25) is 0 Å². The highest BCUT2D eigenvalue weighted by molar-refractivity contribution is 9.10. The molecule has 22 heavy (non-hydrogen) atoms. The molecule has 5 heteroatoms. The second kappa shape index (κ2) is 6.58. The second-order valence-corrected chi connectivity index (χ2v) is 5.62. The van der Waals surface area contributed by atoms with Gasteiger partial charge in [-0.2, -0.15) is 0 Å². The van der Waals surface area contributed by atoms with E-state index < -0.39 is 0 Å². The van der Waals surface area contributed by atoms with Gasteiger partial charge in [-0.1, -0.05) is 30.3 Å². The summed E-state index contributed by atoms with van der Waals surface area (Å²) in [4.78, 5) is 10.6. The Balaban J connectivity index is 1.85. The van der Waals surface area contributed by atoms with Crippen molar-refractivity contribution in [2.45, 2.75) is 0 Å². The molecule has 0 spiro atoms. The van der Waals surface area contributed by atoms with Gasteiger partial charge in [-0.15, -0.1) is 0 Å². The van der Waals surface area contributed by atoms with Crippen LogP contribution >= 0.6 is 15.9 Å². The van der Waals surface area contributed by atoms with E-state index in [-0.39, 0.29) is 0 Å². The van der Waals surface area contributed by atoms with Crippen molar-refractivity contribution in [2.75, 3.05) is 17.3 Å². The predicted octanol–water partition coefficient (Wildman–Crippen LogP) is 4.75. The van der Waals surface area contributed by atoms with Gasteiger partial charge in [0.25, 0.3) is 0 Å². The molecule has 3 rings (SSSR count). The van der Waals surface area contributed by atoms with Crippen LogP contribution in [-0.4, -0.2) is 17.0 Å². The molecule has 4 nitrogen and oxygen atoms in total. The first kappa shape index (κ1) is 14.5. The Morgan fingerprint density at radius 2 is 1.68 bits per heavy atom. The number of hydrogen-bond donors (Lipinski definition) is 1. The summed E-state index contributed by atoms with van der Waals surface area (Å²) in [6, 6.07) is 20.0. The average Bonchev–Trinajstić information content (AvgIpc) is 2.57. The summed E-state index contributed by atoms with van der Waals surface area (Å²) in [6.45, 7) is 0. The molecule has 1 N–H and O–H groups in total. The number of aromatic nitrogens is 2. The van der Waals surface area contributed by atoms with E-state index in [4.69, 9.17) is 0 Å². The monoisotopic (exact) mass is 354 g/mol. The molecule has 3 aromatic rings. The predicted molar refractivity (Wildman–Crippen MR) is 94.0 cm³/mol. The Labute approximate surface area is 138 Å². The second-order valence-electron chi connectivity index (χ2n) is 4.76. The van der Waals surface area contributed by atoms with Gasteiger partial charge < -0.3 is 10.2 Å². The van der Waals surface area contributed by atoms with E-state index in [1.165, 1.54) is 0 Å². The fourth-order valence-corrected chi connectivity index (χ4v) is 2.47. The summed E-state index contributed by atoms with van der Waals surface area (Å²) in [6.07, 6.45) is 1.56. The Morgan fingerprint density at radius 1 is 0.955 bits per heavy atom. The molecule has 110 valence electrons. The number of nitrogens with zero attached hydrogens (tertiary/aromatic N) is 3. The van der Waals surface area contributed by atoms with Crippen molar-refractivity contribution in [1.29, 1.82) is 0 Å². The quantitative estimate of drug-likeness (QED) is 0.733. The van der Waals surface area contributed by atoms with Gasteiger partial charge in [-0.25, -0.2) is 9.97 Å². The standard InChI is InChI=1S/C17H15BrN4/c1-22(13-7-3-2-4-8-13)17-11-16(19-12-20-17)21-15-10-6-5-9-14(15)18/h2-12H,1H3,(H,19,20,21). The Hall–Kier alpha value is -2.40. The molecule has 1 heterocycles. The average molecular weight is 355 g/mol. The van der Waals surface area contributed by atoms with Crippen molar-refractivity contribution in [3.8, 4) is 0 Å². The third-order valence-electron chi connectivity index (χ3n) is 3.28. The molecule has 2 aromatic carbocycles. The first-order valence-electron chi connectivity index (χ1n) is 6.86. The summed E-state index contributed by atoms with van der Waals surface area (Å²) >= 11 is 3.52. The topological polar surface area (TPSA) is 41.0 Å². The molecule has 0 bridgehead atoms. The maximum Gasteiger partial charge on any atom is 0.138 e. The van der Waals surface area contributed by atoms with E-state index in [9.17, 15) is 0 Å². The first-order valence-corrected chi connectivity index (χ1v) is 7.66. The fourth-order valence-electron chi connectivity index (χ4n) is 2.08. The molecule has 0 aliphatic heterocycles. The van der Waals surface area contributed by atoms with Crippen molar-refractivity contribution in [3.63, 3.8) is 0 Å². The van der Waals surface area contributed by atoms with E-state index >= 15 is 0 Å². The van der Waals surface area contributed by atoms with Crippen LogP contribution in [0.4, 0.5) is 23.0 Å². The normalized spacial score (nSPS) is 10.3. The minimum atomic E-state index is 0.750. The van der Waals surface area contributed by atoms with Crippen molar-refractivity contribution in [1.82, 2.24) is 9.97 Å². The summed E-state index contributed by atoms with van der Waals surface area (Å²) in [7, 11) is 1.99. The van der Waals surface area contributed by atoms with Crippen LogP contribution in [0.1, 0.15) is 0 Å². The lowest BCUT2D eigenvalue weighted by atomic mass is 10.3. The van der Waals surface area contributed by atoms with E-state index in [1.807, 2.05) is 72.6 Å². The molecule has 0 saturated carbocycles. The van der Waals surface area contributed by atoms with E-state index in [0.29, 0.717) is 0 Å². The fraction of sp³-hybridized carbons (Fsp3) is 0.0588. The first-order chi connectivity index (χ1) is 10.7. The number of nitrogens with one attached hydrogen (secondary N) is 1. The Morgan fingerprint density at radius 3 is 2.45 bits per heavy atom. The van der Waals surface area contributed by atoms with Crippen LogP contribution in [0.2, 0.25) is 0 Å². The molecule has 0 radical (unpaired) electrons. The van der Waals surface area contributed by atoms with Crippen LogP contribution in [0.5, 0.6) is 0 Å². The van der Waals surface area contributed by atoms with Crippen LogP contribution in [0.3, 0.4) is 0 Å². The highest BCUT2D eigenvalue weighted by atomic mass is 79.9. The highest BCUT2D eigenvalue weighted by Gasteiger charge is 2.07. The summed E-state index contributed by atoms with van der Waals surface area (Å²) < 4.78 is 0.992. The SMILES string of the molecule is CN(c1ccccc1)c1cc(Nc2ccccc2Br)ncn1. The van der Waals surface area contributed by atoms with Crippen molar-refractivity contribution < 1.29 is 0 Å². The van der Waals surface area contributed by atoms with Gasteiger partial charge in [0.1, 0.15) is 18.0 Å². The highest BCUT2D eigenvalue weighted by Crippen LogP contribution is 2.27. The molecule has 0 unspecified atom stereocenters. The number of anilines is 4. The van der Waals surface area contributed by atoms with Crippen LogP contribution in [0.15, 0.2) is 71.5 Å². The van der Waals surface area contributed by atoms with Crippen LogP contribution in [-0.2, 0) is 0 Å². The number of halogens is 1. The smallest absolute Gasteiger partial charge is 0.138 e. The van der Waals surface area contributed by atoms with Crippen LogP contribution < -0.4 is 10.2 Å². The maximum absolute atomic E-state index is 4.34. The van der Waals surface area contributed by atoms with Crippen molar-refractivity contribution in [2.24, 2.45) is 0 Å². The Kier molecular flexibility index (Phi) is 4.34. The molecule has 0 atom stereocenters. The lowest BCUT2D eigenvalue weighted by molar-refractivity contribution is 1.08. The zero-order valence-electron chi connectivity index (χ0n) is 12.1. The van der Waals surface area contributed by atoms with Crippen LogP contribution in [0, 0.1) is 0 Å². The number of hydrogen-bond acceptors (Lipinski definition) is 4. The molecule has 1 aromatic heterocycles. The van der Waals surface area contributed by atoms with E-state index in [0.717, 1.165) is 27.5 Å². The molecule has 0 saturated heterocycles. The number of benzene rings is 2. The zero-order chi connectivity index (χ0) is 15.4. The van der Waals surface area contributed by atoms with Gasteiger partial charge >= 0.3 is 0 Å². The van der Waals surface area contributed by atoms with Gasteiger partial charge in [0, 0.05) is 23.3 Å². The van der Waals surface area contributed by atoms with Gasteiger partial charge in [0.15, 0.2) is 0 Å². The van der Waals surface area contributed by atoms with Gasteiger partial charge in [-0.05, 0) is 40.2 Å². The number of para-hydroxylation sites is 2. The summed E-state index contributed by atoms with van der Waals surface area (Å²) in [5.74, 6) is 1.58. The molecule has 0 fully saturated rings.